The minimum Gasteiger partial charge on any atom is -0.481 e. The highest BCUT2D eigenvalue weighted by atomic mass is 32.2. The zero-order valence-electron chi connectivity index (χ0n) is 13.3. The second kappa shape index (κ2) is 7.41. The number of hydrogen-bond donors (Lipinski definition) is 2. The van der Waals surface area contributed by atoms with Crippen LogP contribution in [-0.4, -0.2) is 44.9 Å². The van der Waals surface area contributed by atoms with Crippen molar-refractivity contribution in [2.24, 2.45) is 17.3 Å². The van der Waals surface area contributed by atoms with Crippen LogP contribution in [0.4, 0.5) is 0 Å². The quantitative estimate of drug-likeness (QED) is 0.576. The molecule has 0 aromatic rings. The smallest absolute Gasteiger partial charge is 0.307 e. The lowest BCUT2D eigenvalue weighted by Crippen LogP contribution is -2.37. The molecule has 1 aliphatic carbocycles. The number of carbonyl (C=O) groups is 2. The fraction of sp³-hybridized carbons (Fsp3) is 0.857. The number of methoxy groups -OCH3 is 1. The maximum absolute atomic E-state index is 12.1. The summed E-state index contributed by atoms with van der Waals surface area (Å²) in [5, 5.41) is 9.12. The average molecular weight is 335 g/mol. The van der Waals surface area contributed by atoms with Gasteiger partial charge in [-0.2, -0.15) is 0 Å². The minimum atomic E-state index is -3.62. The molecule has 1 unspecified atom stereocenters. The fourth-order valence-electron chi connectivity index (χ4n) is 2.45. The molecule has 1 fully saturated rings. The van der Waals surface area contributed by atoms with E-state index in [9.17, 15) is 18.0 Å². The van der Waals surface area contributed by atoms with Crippen molar-refractivity contribution < 1.29 is 27.9 Å². The second-order valence-electron chi connectivity index (χ2n) is 6.53. The Labute approximate surface area is 131 Å². The normalized spacial score (nSPS) is 18.0. The monoisotopic (exact) mass is 335 g/mol. The molecule has 1 atom stereocenters. The van der Waals surface area contributed by atoms with Gasteiger partial charge in [0, 0.05) is 6.54 Å². The van der Waals surface area contributed by atoms with Crippen molar-refractivity contribution in [2.45, 2.75) is 39.5 Å². The zero-order chi connectivity index (χ0) is 17.0. The van der Waals surface area contributed by atoms with Crippen LogP contribution in [0, 0.1) is 17.3 Å². The molecule has 1 rings (SSSR count). The fourth-order valence-corrected chi connectivity index (χ4v) is 4.20. The maximum Gasteiger partial charge on any atom is 0.307 e. The summed E-state index contributed by atoms with van der Waals surface area (Å²) in [5.74, 6) is -2.17. The zero-order valence-corrected chi connectivity index (χ0v) is 14.1. The summed E-state index contributed by atoms with van der Waals surface area (Å²) in [5.41, 5.74) is -0.546. The maximum atomic E-state index is 12.1. The number of carboxylic acid groups (broad SMARTS) is 1. The van der Waals surface area contributed by atoms with E-state index in [1.807, 2.05) is 13.8 Å². The number of nitrogens with one attached hydrogen (secondary N) is 1. The highest BCUT2D eigenvalue weighted by Crippen LogP contribution is 2.49. The molecule has 0 aromatic carbocycles. The molecule has 0 saturated heterocycles. The van der Waals surface area contributed by atoms with Gasteiger partial charge in [-0.05, 0) is 30.6 Å². The molecule has 0 spiro atoms. The van der Waals surface area contributed by atoms with Crippen molar-refractivity contribution in [1.29, 1.82) is 0 Å². The Morgan fingerprint density at radius 2 is 1.91 bits per heavy atom. The molecule has 0 amide bonds. The van der Waals surface area contributed by atoms with Crippen molar-refractivity contribution >= 4 is 22.0 Å². The summed E-state index contributed by atoms with van der Waals surface area (Å²) in [7, 11) is -2.34. The molecule has 0 radical (unpaired) electrons. The van der Waals surface area contributed by atoms with Crippen molar-refractivity contribution in [3.8, 4) is 0 Å². The predicted octanol–water partition coefficient (Wildman–Crippen LogP) is 0.996. The van der Waals surface area contributed by atoms with E-state index in [1.165, 1.54) is 7.11 Å². The number of rotatable bonds is 10. The summed E-state index contributed by atoms with van der Waals surface area (Å²) < 4.78 is 31.2. The number of esters is 1. The Bertz CT molecular complexity index is 509. The van der Waals surface area contributed by atoms with Gasteiger partial charge in [0.15, 0.2) is 0 Å². The van der Waals surface area contributed by atoms with Gasteiger partial charge in [0.1, 0.15) is 0 Å². The molecule has 7 nitrogen and oxygen atoms in total. The van der Waals surface area contributed by atoms with E-state index in [0.717, 1.165) is 0 Å². The lowest BCUT2D eigenvalue weighted by Gasteiger charge is -2.18. The van der Waals surface area contributed by atoms with Crippen LogP contribution in [0.2, 0.25) is 0 Å². The van der Waals surface area contributed by atoms with Crippen LogP contribution in [-0.2, 0) is 24.3 Å². The first kappa shape index (κ1) is 18.9. The summed E-state index contributed by atoms with van der Waals surface area (Å²) >= 11 is 0. The predicted molar refractivity (Wildman–Crippen MR) is 80.7 cm³/mol. The van der Waals surface area contributed by atoms with Gasteiger partial charge in [-0.1, -0.05) is 13.8 Å². The topological polar surface area (TPSA) is 110 Å². The van der Waals surface area contributed by atoms with E-state index >= 15 is 0 Å². The van der Waals surface area contributed by atoms with Crippen LogP contribution < -0.4 is 4.72 Å². The van der Waals surface area contributed by atoms with E-state index in [2.05, 4.69) is 9.46 Å². The highest BCUT2D eigenvalue weighted by Gasteiger charge is 2.48. The summed E-state index contributed by atoms with van der Waals surface area (Å²) in [4.78, 5) is 22.5. The molecule has 0 aliphatic heterocycles. The first-order valence-electron chi connectivity index (χ1n) is 7.36. The third-order valence-corrected chi connectivity index (χ3v) is 5.45. The number of sulfonamides is 1. The van der Waals surface area contributed by atoms with Crippen molar-refractivity contribution in [1.82, 2.24) is 4.72 Å². The molecule has 0 bridgehead atoms. The molecule has 0 aromatic heterocycles. The van der Waals surface area contributed by atoms with Gasteiger partial charge in [0.2, 0.25) is 10.0 Å². The van der Waals surface area contributed by atoms with Crippen molar-refractivity contribution in [3.05, 3.63) is 0 Å². The Balaban J connectivity index is 2.56. The van der Waals surface area contributed by atoms with Crippen molar-refractivity contribution in [3.63, 3.8) is 0 Å². The van der Waals surface area contributed by atoms with Gasteiger partial charge in [-0.15, -0.1) is 0 Å². The lowest BCUT2D eigenvalue weighted by atomic mass is 9.98. The standard InChI is InChI=1S/C14H25NO6S/c1-10(2)6-11(13(17)18)8-15-22(19,20)9-14(4-5-14)7-12(16)21-3/h10-11,15H,4-9H2,1-3H3,(H,17,18). The molecule has 2 N–H and O–H groups in total. The van der Waals surface area contributed by atoms with Gasteiger partial charge in [0.25, 0.3) is 0 Å². The van der Waals surface area contributed by atoms with Crippen molar-refractivity contribution in [2.75, 3.05) is 19.4 Å². The molecular weight excluding hydrogens is 310 g/mol. The molecular formula is C14H25NO6S. The summed E-state index contributed by atoms with van der Waals surface area (Å²) in [6.07, 6.45) is 1.82. The number of ether oxygens (including phenoxy) is 1. The Morgan fingerprint density at radius 1 is 1.32 bits per heavy atom. The Kier molecular flexibility index (Phi) is 6.37. The van der Waals surface area contributed by atoms with Gasteiger partial charge in [-0.25, -0.2) is 13.1 Å². The molecule has 128 valence electrons. The van der Waals surface area contributed by atoms with Gasteiger partial charge in [0.05, 0.1) is 25.2 Å². The molecule has 1 saturated carbocycles. The van der Waals surface area contributed by atoms with E-state index in [4.69, 9.17) is 5.11 Å². The van der Waals surface area contributed by atoms with E-state index in [0.29, 0.717) is 19.3 Å². The summed E-state index contributed by atoms with van der Waals surface area (Å²) in [6, 6.07) is 0. The third-order valence-electron chi connectivity index (χ3n) is 3.86. The number of carboxylic acids is 1. The largest absolute Gasteiger partial charge is 0.481 e. The number of carbonyl (C=O) groups excluding carboxylic acids is 1. The second-order valence-corrected chi connectivity index (χ2v) is 8.33. The number of aliphatic carboxylic acids is 1. The summed E-state index contributed by atoms with van der Waals surface area (Å²) in [6.45, 7) is 3.66. The van der Waals surface area contributed by atoms with Gasteiger partial charge in [-0.3, -0.25) is 9.59 Å². The first-order valence-corrected chi connectivity index (χ1v) is 9.01. The van der Waals surface area contributed by atoms with E-state index in [-0.39, 0.29) is 24.6 Å². The van der Waals surface area contributed by atoms with Gasteiger partial charge >= 0.3 is 11.9 Å². The highest BCUT2D eigenvalue weighted by molar-refractivity contribution is 7.89. The van der Waals surface area contributed by atoms with Crippen LogP contribution in [0.15, 0.2) is 0 Å². The average Bonchev–Trinajstić information content (AvgIpc) is 3.12. The van der Waals surface area contributed by atoms with Crippen LogP contribution in [0.5, 0.6) is 0 Å². The molecule has 22 heavy (non-hydrogen) atoms. The lowest BCUT2D eigenvalue weighted by molar-refractivity contribution is -0.142. The third kappa shape index (κ3) is 6.31. The first-order chi connectivity index (χ1) is 10.1. The van der Waals surface area contributed by atoms with Crippen LogP contribution in [0.3, 0.4) is 0 Å². The molecule has 8 heteroatoms. The van der Waals surface area contributed by atoms with E-state index < -0.39 is 33.3 Å². The van der Waals surface area contributed by atoms with Gasteiger partial charge < -0.3 is 9.84 Å². The molecule has 0 heterocycles. The van der Waals surface area contributed by atoms with E-state index in [1.54, 1.807) is 0 Å². The van der Waals surface area contributed by atoms with Crippen LogP contribution >= 0.6 is 0 Å². The number of hydrogen-bond acceptors (Lipinski definition) is 5. The Morgan fingerprint density at radius 3 is 2.32 bits per heavy atom. The van der Waals surface area contributed by atoms with Crippen LogP contribution in [0.25, 0.3) is 0 Å². The van der Waals surface area contributed by atoms with Crippen LogP contribution in [0.1, 0.15) is 39.5 Å². The minimum absolute atomic E-state index is 0.0821. The SMILES string of the molecule is COC(=O)CC1(CS(=O)(=O)NCC(CC(C)C)C(=O)O)CC1. The molecule has 1 aliphatic rings. The Hall–Kier alpha value is -1.15.